The Bertz CT molecular complexity index is 662. The van der Waals surface area contributed by atoms with Gasteiger partial charge in [-0.1, -0.05) is 12.1 Å². The summed E-state index contributed by atoms with van der Waals surface area (Å²) in [6.07, 6.45) is 2.01. The number of rotatable bonds is 4. The molecule has 9 heteroatoms. The highest BCUT2D eigenvalue weighted by Gasteiger charge is 2.39. The van der Waals surface area contributed by atoms with Gasteiger partial charge in [-0.15, -0.1) is 12.4 Å². The van der Waals surface area contributed by atoms with E-state index in [9.17, 15) is 18.4 Å². The topological polar surface area (TPSA) is 75.9 Å². The Morgan fingerprint density at radius 3 is 2.58 bits per heavy atom. The van der Waals surface area contributed by atoms with Crippen molar-refractivity contribution in [3.05, 3.63) is 29.8 Å². The molecule has 0 radical (unpaired) electrons. The largest absolute Gasteiger partial charge is 0.434 e. The van der Waals surface area contributed by atoms with E-state index < -0.39 is 18.6 Å². The number of hydrogen-bond donors (Lipinski definition) is 1. The summed E-state index contributed by atoms with van der Waals surface area (Å²) < 4.78 is 29.6. The Balaban J connectivity index is 0.00000243. The molecule has 0 saturated carbocycles. The molecule has 2 amide bonds. The summed E-state index contributed by atoms with van der Waals surface area (Å²) in [6, 6.07) is 5.26. The molecule has 2 atom stereocenters. The number of nitrogens with two attached hydrogens (primary N) is 1. The summed E-state index contributed by atoms with van der Waals surface area (Å²) in [4.78, 5) is 28.7. The van der Waals surface area contributed by atoms with Crippen LogP contribution in [0, 0.1) is 0 Å². The number of para-hydroxylation sites is 1. The Kier molecular flexibility index (Phi) is 6.77. The first-order valence-electron chi connectivity index (χ1n) is 8.36. The second kappa shape index (κ2) is 8.64. The second-order valence-electron chi connectivity index (χ2n) is 6.36. The molecule has 2 fully saturated rings. The fraction of sp³-hybridized carbons (Fsp3) is 0.529. The molecule has 1 aromatic rings. The summed E-state index contributed by atoms with van der Waals surface area (Å²) in [5.74, 6) is -0.759. The first-order chi connectivity index (χ1) is 12.0. The van der Waals surface area contributed by atoms with Gasteiger partial charge in [0.1, 0.15) is 11.8 Å². The van der Waals surface area contributed by atoms with Crippen molar-refractivity contribution in [2.24, 2.45) is 5.73 Å². The lowest BCUT2D eigenvalue weighted by Gasteiger charge is -2.28. The number of benzene rings is 1. The van der Waals surface area contributed by atoms with Crippen LogP contribution in [0.4, 0.5) is 8.78 Å². The first-order valence-corrected chi connectivity index (χ1v) is 8.36. The zero-order valence-electron chi connectivity index (χ0n) is 14.1. The van der Waals surface area contributed by atoms with Gasteiger partial charge in [-0.2, -0.15) is 8.78 Å². The molecule has 0 bridgehead atoms. The maximum Gasteiger partial charge on any atom is 0.387 e. The highest BCUT2D eigenvalue weighted by molar-refractivity contribution is 6.00. The molecule has 0 spiro atoms. The SMILES string of the molecule is Cl.N[C@@H]1CCN(C(=O)C2CCCN2C(=O)c2ccccc2OC(F)F)C1. The quantitative estimate of drug-likeness (QED) is 0.853. The van der Waals surface area contributed by atoms with E-state index in [1.54, 1.807) is 11.0 Å². The summed E-state index contributed by atoms with van der Waals surface area (Å²) in [5, 5.41) is 0. The van der Waals surface area contributed by atoms with E-state index in [2.05, 4.69) is 4.74 Å². The maximum atomic E-state index is 12.8. The van der Waals surface area contributed by atoms with Crippen molar-refractivity contribution < 1.29 is 23.1 Å². The van der Waals surface area contributed by atoms with Crippen LogP contribution in [0.2, 0.25) is 0 Å². The molecule has 2 heterocycles. The zero-order chi connectivity index (χ0) is 18.0. The minimum Gasteiger partial charge on any atom is -0.434 e. The van der Waals surface area contributed by atoms with Crippen molar-refractivity contribution in [1.29, 1.82) is 0 Å². The Hall–Kier alpha value is -1.93. The minimum atomic E-state index is -3.02. The van der Waals surface area contributed by atoms with Crippen LogP contribution in [0.3, 0.4) is 0 Å². The van der Waals surface area contributed by atoms with Gasteiger partial charge < -0.3 is 20.3 Å². The molecule has 144 valence electrons. The molecule has 0 aromatic heterocycles. The van der Waals surface area contributed by atoms with Gasteiger partial charge in [0.25, 0.3) is 5.91 Å². The van der Waals surface area contributed by atoms with Crippen molar-refractivity contribution in [3.63, 3.8) is 0 Å². The predicted molar refractivity (Wildman–Crippen MR) is 93.6 cm³/mol. The molecule has 2 saturated heterocycles. The van der Waals surface area contributed by atoms with Gasteiger partial charge in [-0.05, 0) is 31.4 Å². The van der Waals surface area contributed by atoms with E-state index in [4.69, 9.17) is 5.73 Å². The lowest BCUT2D eigenvalue weighted by molar-refractivity contribution is -0.134. The van der Waals surface area contributed by atoms with Crippen LogP contribution < -0.4 is 10.5 Å². The van der Waals surface area contributed by atoms with Crippen LogP contribution in [-0.2, 0) is 4.79 Å². The van der Waals surface area contributed by atoms with Gasteiger partial charge in [0.2, 0.25) is 5.91 Å². The van der Waals surface area contributed by atoms with Crippen LogP contribution in [0.15, 0.2) is 24.3 Å². The van der Waals surface area contributed by atoms with Crippen LogP contribution in [0.25, 0.3) is 0 Å². The molecule has 2 aliphatic heterocycles. The van der Waals surface area contributed by atoms with E-state index in [1.165, 1.54) is 23.1 Å². The van der Waals surface area contributed by atoms with E-state index in [1.807, 2.05) is 0 Å². The molecule has 26 heavy (non-hydrogen) atoms. The van der Waals surface area contributed by atoms with Crippen molar-refractivity contribution in [3.8, 4) is 5.75 Å². The number of carbonyl (C=O) groups is 2. The minimum absolute atomic E-state index is 0. The van der Waals surface area contributed by atoms with E-state index in [-0.39, 0.29) is 35.7 Å². The van der Waals surface area contributed by atoms with Crippen molar-refractivity contribution >= 4 is 24.2 Å². The summed E-state index contributed by atoms with van der Waals surface area (Å²) in [7, 11) is 0. The average molecular weight is 390 g/mol. The summed E-state index contributed by atoms with van der Waals surface area (Å²) in [6.45, 7) is -1.53. The average Bonchev–Trinajstić information content (AvgIpc) is 3.22. The number of nitrogens with zero attached hydrogens (tertiary/aromatic N) is 2. The van der Waals surface area contributed by atoms with E-state index in [0.29, 0.717) is 32.5 Å². The van der Waals surface area contributed by atoms with Crippen molar-refractivity contribution in [2.45, 2.75) is 38.0 Å². The molecular weight excluding hydrogens is 368 g/mol. The van der Waals surface area contributed by atoms with Crippen molar-refractivity contribution in [1.82, 2.24) is 9.80 Å². The van der Waals surface area contributed by atoms with Crippen LogP contribution in [-0.4, -0.2) is 59.9 Å². The van der Waals surface area contributed by atoms with Gasteiger partial charge in [-0.25, -0.2) is 0 Å². The number of amides is 2. The lowest BCUT2D eigenvalue weighted by atomic mass is 10.1. The van der Waals surface area contributed by atoms with E-state index in [0.717, 1.165) is 6.42 Å². The Labute approximate surface area is 156 Å². The third-order valence-electron chi connectivity index (χ3n) is 4.67. The molecule has 6 nitrogen and oxygen atoms in total. The fourth-order valence-corrected chi connectivity index (χ4v) is 3.46. The number of hydrogen-bond acceptors (Lipinski definition) is 4. The predicted octanol–water partition coefficient (Wildman–Crippen LogP) is 1.87. The van der Waals surface area contributed by atoms with E-state index >= 15 is 0 Å². The van der Waals surface area contributed by atoms with Crippen LogP contribution in [0.5, 0.6) is 5.75 Å². The summed E-state index contributed by atoms with van der Waals surface area (Å²) in [5.41, 5.74) is 5.89. The van der Waals surface area contributed by atoms with Crippen LogP contribution >= 0.6 is 12.4 Å². The number of halogens is 3. The lowest BCUT2D eigenvalue weighted by Crippen LogP contribution is -2.47. The Morgan fingerprint density at radius 1 is 1.19 bits per heavy atom. The van der Waals surface area contributed by atoms with Gasteiger partial charge in [0.05, 0.1) is 5.56 Å². The monoisotopic (exact) mass is 389 g/mol. The summed E-state index contributed by atoms with van der Waals surface area (Å²) >= 11 is 0. The molecule has 3 rings (SSSR count). The van der Waals surface area contributed by atoms with Gasteiger partial charge in [0.15, 0.2) is 0 Å². The maximum absolute atomic E-state index is 12.8. The molecule has 0 aliphatic carbocycles. The molecule has 2 aliphatic rings. The smallest absolute Gasteiger partial charge is 0.387 e. The Morgan fingerprint density at radius 2 is 1.92 bits per heavy atom. The first kappa shape index (κ1) is 20.4. The number of alkyl halides is 2. The van der Waals surface area contributed by atoms with Gasteiger partial charge in [0, 0.05) is 25.7 Å². The highest BCUT2D eigenvalue weighted by Crippen LogP contribution is 2.27. The highest BCUT2D eigenvalue weighted by atomic mass is 35.5. The zero-order valence-corrected chi connectivity index (χ0v) is 15.0. The number of likely N-dealkylation sites (tertiary alicyclic amines) is 2. The van der Waals surface area contributed by atoms with Crippen molar-refractivity contribution in [2.75, 3.05) is 19.6 Å². The van der Waals surface area contributed by atoms with Gasteiger partial charge in [-0.3, -0.25) is 9.59 Å². The second-order valence-corrected chi connectivity index (χ2v) is 6.36. The normalized spacial score (nSPS) is 22.5. The van der Waals surface area contributed by atoms with Gasteiger partial charge >= 0.3 is 6.61 Å². The molecular formula is C17H22ClF2N3O3. The molecule has 2 N–H and O–H groups in total. The molecule has 1 unspecified atom stereocenters. The molecule has 1 aromatic carbocycles. The fourth-order valence-electron chi connectivity index (χ4n) is 3.46. The number of ether oxygens (including phenoxy) is 1. The number of carbonyl (C=O) groups excluding carboxylic acids is 2. The van der Waals surface area contributed by atoms with Crippen LogP contribution in [0.1, 0.15) is 29.6 Å². The third-order valence-corrected chi connectivity index (χ3v) is 4.67. The standard InChI is InChI=1S/C17H21F2N3O3.ClH/c18-17(19)25-14-6-2-1-4-12(14)15(23)22-8-3-5-13(22)16(24)21-9-7-11(20)10-21;/h1-2,4,6,11,13,17H,3,5,7-10,20H2;1H/t11-,13?;/m1./s1. The third kappa shape index (κ3) is 4.24.